The predicted octanol–water partition coefficient (Wildman–Crippen LogP) is 4.07. The minimum atomic E-state index is 0.271. The van der Waals surface area contributed by atoms with Crippen LogP contribution >= 0.6 is 0 Å². The molecule has 0 spiro atoms. The van der Waals surface area contributed by atoms with Gasteiger partial charge in [0.15, 0.2) is 18.9 Å². The van der Waals surface area contributed by atoms with Gasteiger partial charge in [-0.3, -0.25) is 4.90 Å². The zero-order valence-corrected chi connectivity index (χ0v) is 15.7. The second kappa shape index (κ2) is 8.83. The van der Waals surface area contributed by atoms with E-state index in [9.17, 15) is 0 Å². The Morgan fingerprint density at radius 1 is 0.852 bits per heavy atom. The standard InChI is InChI=1S/C24H27N2O/c1-3-8-21(9-4-1)18-25-16-13-23(14-17-25)27-24-12-7-15-26(20-24)19-22-10-5-2-6-11-22/h1-6,8-11,13-14,16-17,24H,7,12,15,18-20H2/q+1. The molecule has 0 saturated carbocycles. The first-order valence-electron chi connectivity index (χ1n) is 9.81. The molecule has 0 N–H and O–H groups in total. The molecule has 1 saturated heterocycles. The zero-order chi connectivity index (χ0) is 18.3. The first-order valence-corrected chi connectivity index (χ1v) is 9.81. The Labute approximate surface area is 161 Å². The van der Waals surface area contributed by atoms with E-state index in [2.05, 4.69) is 94.7 Å². The molecule has 2 heterocycles. The van der Waals surface area contributed by atoms with Gasteiger partial charge in [0.05, 0.1) is 0 Å². The number of piperidine rings is 1. The van der Waals surface area contributed by atoms with Crippen LogP contribution in [0.4, 0.5) is 0 Å². The van der Waals surface area contributed by atoms with Crippen molar-refractivity contribution in [3.05, 3.63) is 96.3 Å². The first-order chi connectivity index (χ1) is 13.3. The van der Waals surface area contributed by atoms with E-state index in [4.69, 9.17) is 4.74 Å². The van der Waals surface area contributed by atoms with Crippen LogP contribution in [0, 0.1) is 0 Å². The third-order valence-electron chi connectivity index (χ3n) is 5.08. The van der Waals surface area contributed by atoms with E-state index in [-0.39, 0.29) is 6.10 Å². The molecule has 1 fully saturated rings. The van der Waals surface area contributed by atoms with Gasteiger partial charge in [0.2, 0.25) is 0 Å². The molecule has 3 aromatic rings. The molecule has 1 aliphatic heterocycles. The lowest BCUT2D eigenvalue weighted by Gasteiger charge is -2.32. The third-order valence-corrected chi connectivity index (χ3v) is 5.08. The van der Waals surface area contributed by atoms with Gasteiger partial charge in [0.1, 0.15) is 11.9 Å². The van der Waals surface area contributed by atoms with Gasteiger partial charge in [-0.1, -0.05) is 60.7 Å². The molecule has 27 heavy (non-hydrogen) atoms. The maximum atomic E-state index is 6.27. The number of nitrogens with zero attached hydrogens (tertiary/aromatic N) is 2. The number of aromatic nitrogens is 1. The minimum Gasteiger partial charge on any atom is -0.489 e. The lowest BCUT2D eigenvalue weighted by molar-refractivity contribution is -0.688. The molecule has 1 aliphatic rings. The van der Waals surface area contributed by atoms with Crippen LogP contribution in [0.25, 0.3) is 0 Å². The van der Waals surface area contributed by atoms with Crippen LogP contribution in [0.2, 0.25) is 0 Å². The highest BCUT2D eigenvalue weighted by molar-refractivity contribution is 5.17. The quantitative estimate of drug-likeness (QED) is 0.617. The van der Waals surface area contributed by atoms with Crippen molar-refractivity contribution in [1.29, 1.82) is 0 Å². The number of hydrogen-bond acceptors (Lipinski definition) is 2. The molecule has 4 rings (SSSR count). The Bertz CT molecular complexity index is 818. The Kier molecular flexibility index (Phi) is 5.80. The van der Waals surface area contributed by atoms with Crippen molar-refractivity contribution >= 4 is 0 Å². The largest absolute Gasteiger partial charge is 0.489 e. The van der Waals surface area contributed by atoms with Crippen LogP contribution in [0.5, 0.6) is 5.75 Å². The van der Waals surface area contributed by atoms with E-state index in [0.717, 1.165) is 38.3 Å². The summed E-state index contributed by atoms with van der Waals surface area (Å²) in [5, 5.41) is 0. The summed E-state index contributed by atoms with van der Waals surface area (Å²) in [6.07, 6.45) is 6.80. The number of benzene rings is 2. The van der Waals surface area contributed by atoms with Gasteiger partial charge in [0, 0.05) is 30.8 Å². The van der Waals surface area contributed by atoms with Gasteiger partial charge in [0.25, 0.3) is 0 Å². The van der Waals surface area contributed by atoms with Gasteiger partial charge in [-0.2, -0.15) is 0 Å². The fraction of sp³-hybridized carbons (Fsp3) is 0.292. The van der Waals surface area contributed by atoms with Gasteiger partial charge >= 0.3 is 0 Å². The second-order valence-electron chi connectivity index (χ2n) is 7.29. The van der Waals surface area contributed by atoms with Crippen molar-refractivity contribution < 1.29 is 9.30 Å². The van der Waals surface area contributed by atoms with Gasteiger partial charge in [-0.15, -0.1) is 0 Å². The van der Waals surface area contributed by atoms with Crippen molar-refractivity contribution in [2.75, 3.05) is 13.1 Å². The summed E-state index contributed by atoms with van der Waals surface area (Å²) in [6, 6.07) is 25.4. The molecule has 1 atom stereocenters. The lowest BCUT2D eigenvalue weighted by atomic mass is 10.1. The molecular weight excluding hydrogens is 332 g/mol. The van der Waals surface area contributed by atoms with Crippen LogP contribution in [-0.2, 0) is 13.1 Å². The summed E-state index contributed by atoms with van der Waals surface area (Å²) in [7, 11) is 0. The van der Waals surface area contributed by atoms with E-state index in [1.807, 2.05) is 0 Å². The van der Waals surface area contributed by atoms with Gasteiger partial charge in [-0.05, 0) is 24.9 Å². The van der Waals surface area contributed by atoms with Crippen LogP contribution < -0.4 is 9.30 Å². The summed E-state index contributed by atoms with van der Waals surface area (Å²) in [5.41, 5.74) is 2.68. The summed E-state index contributed by atoms with van der Waals surface area (Å²) in [6.45, 7) is 4.04. The van der Waals surface area contributed by atoms with Crippen molar-refractivity contribution in [1.82, 2.24) is 4.90 Å². The number of pyridine rings is 1. The van der Waals surface area contributed by atoms with E-state index in [1.165, 1.54) is 17.5 Å². The Morgan fingerprint density at radius 3 is 2.22 bits per heavy atom. The Morgan fingerprint density at radius 2 is 1.52 bits per heavy atom. The Balaban J connectivity index is 1.32. The average molecular weight is 359 g/mol. The normalized spacial score (nSPS) is 17.6. The van der Waals surface area contributed by atoms with E-state index in [1.54, 1.807) is 0 Å². The molecule has 2 aromatic carbocycles. The molecule has 0 bridgehead atoms. The third kappa shape index (κ3) is 5.18. The topological polar surface area (TPSA) is 16.4 Å². The second-order valence-corrected chi connectivity index (χ2v) is 7.29. The van der Waals surface area contributed by atoms with Crippen molar-refractivity contribution in [3.63, 3.8) is 0 Å². The fourth-order valence-electron chi connectivity index (χ4n) is 3.71. The number of hydrogen-bond donors (Lipinski definition) is 0. The van der Waals surface area contributed by atoms with E-state index < -0.39 is 0 Å². The lowest BCUT2D eigenvalue weighted by Crippen LogP contribution is -2.40. The summed E-state index contributed by atoms with van der Waals surface area (Å²) >= 11 is 0. The molecule has 0 aliphatic carbocycles. The Hall–Kier alpha value is -2.65. The van der Waals surface area contributed by atoms with Crippen LogP contribution in [0.15, 0.2) is 85.2 Å². The van der Waals surface area contributed by atoms with Crippen LogP contribution in [-0.4, -0.2) is 24.1 Å². The van der Waals surface area contributed by atoms with E-state index in [0.29, 0.717) is 0 Å². The maximum absolute atomic E-state index is 6.27. The SMILES string of the molecule is c1ccc(CN2CCCC(Oc3cc[n+](Cc4ccccc4)cc3)C2)cc1. The minimum absolute atomic E-state index is 0.271. The molecule has 1 unspecified atom stereocenters. The van der Waals surface area contributed by atoms with Crippen molar-refractivity contribution in [2.24, 2.45) is 0 Å². The van der Waals surface area contributed by atoms with Crippen LogP contribution in [0.3, 0.4) is 0 Å². The molecule has 0 radical (unpaired) electrons. The fourth-order valence-corrected chi connectivity index (χ4v) is 3.71. The summed E-state index contributed by atoms with van der Waals surface area (Å²) < 4.78 is 8.46. The molecule has 1 aromatic heterocycles. The highest BCUT2D eigenvalue weighted by atomic mass is 16.5. The molecule has 3 heteroatoms. The zero-order valence-electron chi connectivity index (χ0n) is 15.7. The van der Waals surface area contributed by atoms with Gasteiger partial charge < -0.3 is 4.74 Å². The first kappa shape index (κ1) is 17.7. The van der Waals surface area contributed by atoms with E-state index >= 15 is 0 Å². The summed E-state index contributed by atoms with van der Waals surface area (Å²) in [4.78, 5) is 2.50. The van der Waals surface area contributed by atoms with Crippen LogP contribution in [0.1, 0.15) is 24.0 Å². The number of rotatable bonds is 6. The molecule has 0 amide bonds. The smallest absolute Gasteiger partial charge is 0.173 e. The number of ether oxygens (including phenoxy) is 1. The highest BCUT2D eigenvalue weighted by Crippen LogP contribution is 2.19. The molecular formula is C24H27N2O+. The van der Waals surface area contributed by atoms with Crippen molar-refractivity contribution in [3.8, 4) is 5.75 Å². The van der Waals surface area contributed by atoms with Gasteiger partial charge in [-0.25, -0.2) is 4.57 Å². The average Bonchev–Trinajstić information content (AvgIpc) is 2.71. The summed E-state index contributed by atoms with van der Waals surface area (Å²) in [5.74, 6) is 0.964. The monoisotopic (exact) mass is 359 g/mol. The molecule has 3 nitrogen and oxygen atoms in total. The number of likely N-dealkylation sites (tertiary alicyclic amines) is 1. The van der Waals surface area contributed by atoms with Crippen molar-refractivity contribution in [2.45, 2.75) is 32.0 Å². The maximum Gasteiger partial charge on any atom is 0.173 e. The predicted molar refractivity (Wildman–Crippen MR) is 108 cm³/mol. The highest BCUT2D eigenvalue weighted by Gasteiger charge is 2.21. The molecule has 138 valence electrons.